The number of hydrogen-bond acceptors (Lipinski definition) is 4. The first kappa shape index (κ1) is 11.0. The van der Waals surface area contributed by atoms with Gasteiger partial charge in [-0.3, -0.25) is 0 Å². The van der Waals surface area contributed by atoms with E-state index in [1.807, 2.05) is 25.1 Å². The van der Waals surface area contributed by atoms with Gasteiger partial charge in [0, 0.05) is 12.1 Å². The molecule has 0 aromatic carbocycles. The number of nitrogens with one attached hydrogen (secondary N) is 1. The van der Waals surface area contributed by atoms with Gasteiger partial charge in [0.05, 0.1) is 14.9 Å². The van der Waals surface area contributed by atoms with Crippen LogP contribution in [0.5, 0.6) is 0 Å². The zero-order valence-electron chi connectivity index (χ0n) is 9.40. The Hall–Kier alpha value is -1.13. The van der Waals surface area contributed by atoms with Crippen molar-refractivity contribution in [3.05, 3.63) is 28.4 Å². The molecule has 0 spiro atoms. The molecule has 3 rings (SSSR count). The second-order valence-corrected chi connectivity index (χ2v) is 5.92. The molecule has 0 aliphatic heterocycles. The number of aromatic nitrogens is 2. The monoisotopic (exact) mass is 265 g/mol. The van der Waals surface area contributed by atoms with E-state index in [0.29, 0.717) is 6.04 Å². The van der Waals surface area contributed by atoms with E-state index in [-0.39, 0.29) is 0 Å². The number of anilines is 1. The lowest BCUT2D eigenvalue weighted by atomic mass is 10.3. The summed E-state index contributed by atoms with van der Waals surface area (Å²) in [5, 5.41) is 3.39. The van der Waals surface area contributed by atoms with Crippen LogP contribution in [0.25, 0.3) is 10.6 Å². The number of nitrogens with zero attached hydrogens (tertiary/aromatic N) is 2. The molecule has 2 heterocycles. The van der Waals surface area contributed by atoms with Crippen molar-refractivity contribution >= 4 is 28.8 Å². The van der Waals surface area contributed by atoms with E-state index in [4.69, 9.17) is 11.6 Å². The summed E-state index contributed by atoms with van der Waals surface area (Å²) in [5.41, 5.74) is 0.942. The first-order chi connectivity index (χ1) is 8.20. The van der Waals surface area contributed by atoms with Crippen molar-refractivity contribution in [3.8, 4) is 10.6 Å². The number of thiophene rings is 1. The van der Waals surface area contributed by atoms with E-state index in [2.05, 4.69) is 15.3 Å². The Balaban J connectivity index is 1.95. The molecule has 0 radical (unpaired) electrons. The molecule has 88 valence electrons. The third kappa shape index (κ3) is 2.58. The Labute approximate surface area is 109 Å². The van der Waals surface area contributed by atoms with Gasteiger partial charge in [-0.2, -0.15) is 0 Å². The van der Waals surface area contributed by atoms with Gasteiger partial charge in [-0.1, -0.05) is 11.6 Å². The highest BCUT2D eigenvalue weighted by molar-refractivity contribution is 7.19. The highest BCUT2D eigenvalue weighted by Gasteiger charge is 2.21. The average molecular weight is 266 g/mol. The van der Waals surface area contributed by atoms with E-state index in [9.17, 15) is 0 Å². The quantitative estimate of drug-likeness (QED) is 0.919. The minimum atomic E-state index is 0.601. The van der Waals surface area contributed by atoms with Crippen molar-refractivity contribution in [1.29, 1.82) is 0 Å². The van der Waals surface area contributed by atoms with Crippen molar-refractivity contribution in [2.45, 2.75) is 25.8 Å². The minimum absolute atomic E-state index is 0.601. The van der Waals surface area contributed by atoms with Crippen molar-refractivity contribution in [2.24, 2.45) is 0 Å². The maximum Gasteiger partial charge on any atom is 0.130 e. The van der Waals surface area contributed by atoms with Crippen LogP contribution in [0.15, 0.2) is 18.2 Å². The maximum absolute atomic E-state index is 5.94. The van der Waals surface area contributed by atoms with E-state index < -0.39 is 0 Å². The second kappa shape index (κ2) is 4.27. The predicted octanol–water partition coefficient (Wildman–Crippen LogP) is 3.74. The molecule has 0 bridgehead atoms. The maximum atomic E-state index is 5.94. The van der Waals surface area contributed by atoms with Gasteiger partial charge in [0.2, 0.25) is 0 Å². The van der Waals surface area contributed by atoms with Crippen molar-refractivity contribution in [1.82, 2.24) is 9.97 Å². The molecule has 0 unspecified atom stereocenters. The third-order valence-corrected chi connectivity index (χ3v) is 3.85. The second-order valence-electron chi connectivity index (χ2n) is 4.21. The van der Waals surface area contributed by atoms with E-state index >= 15 is 0 Å². The van der Waals surface area contributed by atoms with Crippen molar-refractivity contribution in [3.63, 3.8) is 0 Å². The Bertz CT molecular complexity index is 548. The minimum Gasteiger partial charge on any atom is -0.367 e. The molecule has 0 saturated heterocycles. The van der Waals surface area contributed by atoms with E-state index in [0.717, 1.165) is 26.5 Å². The van der Waals surface area contributed by atoms with Crippen LogP contribution in [-0.2, 0) is 0 Å². The molecule has 0 atom stereocenters. The zero-order chi connectivity index (χ0) is 11.8. The average Bonchev–Trinajstić information content (AvgIpc) is 2.97. The molecule has 3 nitrogen and oxygen atoms in total. The third-order valence-electron chi connectivity index (χ3n) is 2.59. The van der Waals surface area contributed by atoms with Crippen LogP contribution >= 0.6 is 22.9 Å². The Morgan fingerprint density at radius 2 is 2.18 bits per heavy atom. The number of rotatable bonds is 3. The summed E-state index contributed by atoms with van der Waals surface area (Å²) in [6.07, 6.45) is 2.48. The first-order valence-electron chi connectivity index (χ1n) is 5.58. The SMILES string of the molecule is Cc1nc(NC2CC2)cc(-c2ccc(Cl)s2)n1. The lowest BCUT2D eigenvalue weighted by molar-refractivity contribution is 1.03. The molecule has 17 heavy (non-hydrogen) atoms. The molecule has 2 aromatic rings. The van der Waals surface area contributed by atoms with E-state index in [1.165, 1.54) is 12.8 Å². The van der Waals surface area contributed by atoms with Crippen LogP contribution < -0.4 is 5.32 Å². The number of halogens is 1. The van der Waals surface area contributed by atoms with Crippen LogP contribution in [-0.4, -0.2) is 16.0 Å². The summed E-state index contributed by atoms with van der Waals surface area (Å²) >= 11 is 7.48. The highest BCUT2D eigenvalue weighted by Crippen LogP contribution is 2.31. The molecule has 1 aliphatic carbocycles. The van der Waals surface area contributed by atoms with Gasteiger partial charge in [0.25, 0.3) is 0 Å². The van der Waals surface area contributed by atoms with Crippen molar-refractivity contribution in [2.75, 3.05) is 5.32 Å². The van der Waals surface area contributed by atoms with Crippen LogP contribution in [0.1, 0.15) is 18.7 Å². The lowest BCUT2D eigenvalue weighted by Gasteiger charge is -2.06. The van der Waals surface area contributed by atoms with Gasteiger partial charge in [-0.15, -0.1) is 11.3 Å². The molecule has 0 amide bonds. The molecular weight excluding hydrogens is 254 g/mol. The van der Waals surface area contributed by atoms with Crippen LogP contribution in [0, 0.1) is 6.92 Å². The fraction of sp³-hybridized carbons (Fsp3) is 0.333. The van der Waals surface area contributed by atoms with Gasteiger partial charge < -0.3 is 5.32 Å². The molecule has 2 aromatic heterocycles. The van der Waals surface area contributed by atoms with E-state index in [1.54, 1.807) is 11.3 Å². The largest absolute Gasteiger partial charge is 0.367 e. The normalized spacial score (nSPS) is 14.9. The topological polar surface area (TPSA) is 37.8 Å². The van der Waals surface area contributed by atoms with Crippen LogP contribution in [0.4, 0.5) is 5.82 Å². The van der Waals surface area contributed by atoms with Crippen molar-refractivity contribution < 1.29 is 0 Å². The Kier molecular flexibility index (Phi) is 2.76. The summed E-state index contributed by atoms with van der Waals surface area (Å²) in [5.74, 6) is 1.70. The summed E-state index contributed by atoms with van der Waals surface area (Å²) in [6, 6.07) is 6.49. The molecule has 5 heteroatoms. The predicted molar refractivity (Wildman–Crippen MR) is 71.7 cm³/mol. The molecular formula is C12H12ClN3S. The summed E-state index contributed by atoms with van der Waals surface area (Å²) < 4.78 is 0.785. The van der Waals surface area contributed by atoms with Gasteiger partial charge in [0.1, 0.15) is 11.6 Å². The molecule has 1 N–H and O–H groups in total. The Morgan fingerprint density at radius 3 is 2.82 bits per heavy atom. The van der Waals surface area contributed by atoms with Gasteiger partial charge in [-0.05, 0) is 31.9 Å². The smallest absolute Gasteiger partial charge is 0.130 e. The van der Waals surface area contributed by atoms with Gasteiger partial charge in [0.15, 0.2) is 0 Å². The van der Waals surface area contributed by atoms with Crippen LogP contribution in [0.3, 0.4) is 0 Å². The van der Waals surface area contributed by atoms with Crippen LogP contribution in [0.2, 0.25) is 4.34 Å². The summed E-state index contributed by atoms with van der Waals surface area (Å²) in [6.45, 7) is 1.91. The number of hydrogen-bond donors (Lipinski definition) is 1. The summed E-state index contributed by atoms with van der Waals surface area (Å²) in [7, 11) is 0. The standard InChI is InChI=1S/C12H12ClN3S/c1-7-14-9(10-4-5-11(13)17-10)6-12(15-7)16-8-2-3-8/h4-6,8H,2-3H2,1H3,(H,14,15,16). The zero-order valence-corrected chi connectivity index (χ0v) is 11.0. The fourth-order valence-electron chi connectivity index (χ4n) is 1.66. The lowest BCUT2D eigenvalue weighted by Crippen LogP contribution is -2.05. The number of aryl methyl sites for hydroxylation is 1. The molecule has 1 saturated carbocycles. The summed E-state index contributed by atoms with van der Waals surface area (Å²) in [4.78, 5) is 9.92. The first-order valence-corrected chi connectivity index (χ1v) is 6.78. The van der Waals surface area contributed by atoms with Gasteiger partial charge in [-0.25, -0.2) is 9.97 Å². The molecule has 1 fully saturated rings. The molecule has 1 aliphatic rings. The highest BCUT2D eigenvalue weighted by atomic mass is 35.5. The van der Waals surface area contributed by atoms with Gasteiger partial charge >= 0.3 is 0 Å². The fourth-order valence-corrected chi connectivity index (χ4v) is 2.66. The Morgan fingerprint density at radius 1 is 1.35 bits per heavy atom.